The molecule has 0 aliphatic heterocycles. The number of nitrogens with zero attached hydrogens (tertiary/aromatic N) is 4. The van der Waals surface area contributed by atoms with Crippen LogP contribution in [0.5, 0.6) is 0 Å². The zero-order valence-electron chi connectivity index (χ0n) is 10.1. The predicted octanol–water partition coefficient (Wildman–Crippen LogP) is 2.23. The Bertz CT molecular complexity index is 542. The SMILES string of the molecule is CCNC(C)c1nnnn1-c1cc(F)ccc1Br. The minimum atomic E-state index is -0.328. The van der Waals surface area contributed by atoms with Gasteiger partial charge in [-0.2, -0.15) is 4.68 Å². The smallest absolute Gasteiger partial charge is 0.173 e. The van der Waals surface area contributed by atoms with Gasteiger partial charge in [-0.05, 0) is 52.0 Å². The van der Waals surface area contributed by atoms with Crippen molar-refractivity contribution < 1.29 is 4.39 Å². The van der Waals surface area contributed by atoms with Gasteiger partial charge in [0.15, 0.2) is 5.82 Å². The molecule has 5 nitrogen and oxygen atoms in total. The van der Waals surface area contributed by atoms with E-state index >= 15 is 0 Å². The van der Waals surface area contributed by atoms with Gasteiger partial charge in [0.05, 0.1) is 11.7 Å². The first-order chi connectivity index (χ1) is 8.63. The Hall–Kier alpha value is -1.34. The molecule has 1 N–H and O–H groups in total. The van der Waals surface area contributed by atoms with E-state index in [2.05, 4.69) is 36.8 Å². The largest absolute Gasteiger partial charge is 0.308 e. The number of hydrogen-bond donors (Lipinski definition) is 1. The minimum Gasteiger partial charge on any atom is -0.308 e. The number of nitrogens with one attached hydrogen (secondary N) is 1. The van der Waals surface area contributed by atoms with Gasteiger partial charge in [0, 0.05) is 10.5 Å². The van der Waals surface area contributed by atoms with Crippen LogP contribution < -0.4 is 5.32 Å². The van der Waals surface area contributed by atoms with E-state index in [4.69, 9.17) is 0 Å². The van der Waals surface area contributed by atoms with Crippen molar-refractivity contribution in [1.82, 2.24) is 25.5 Å². The van der Waals surface area contributed by atoms with Crippen LogP contribution in [-0.2, 0) is 0 Å². The lowest BCUT2D eigenvalue weighted by atomic mass is 10.2. The standard InChI is InChI=1S/C11H13BrFN5/c1-3-14-7(2)11-15-16-17-18(11)10-6-8(13)4-5-9(10)12/h4-7,14H,3H2,1-2H3. The van der Waals surface area contributed by atoms with Crippen LogP contribution in [0, 0.1) is 5.82 Å². The highest BCUT2D eigenvalue weighted by Gasteiger charge is 2.16. The van der Waals surface area contributed by atoms with Gasteiger partial charge in [0.2, 0.25) is 0 Å². The molecule has 0 fully saturated rings. The van der Waals surface area contributed by atoms with Gasteiger partial charge in [0.25, 0.3) is 0 Å². The summed E-state index contributed by atoms with van der Waals surface area (Å²) in [5.74, 6) is 0.314. The van der Waals surface area contributed by atoms with E-state index in [0.717, 1.165) is 11.0 Å². The maximum absolute atomic E-state index is 13.3. The van der Waals surface area contributed by atoms with E-state index in [9.17, 15) is 4.39 Å². The van der Waals surface area contributed by atoms with E-state index in [0.29, 0.717) is 11.5 Å². The Morgan fingerprint density at radius 1 is 1.50 bits per heavy atom. The number of aromatic nitrogens is 4. The van der Waals surface area contributed by atoms with Crippen molar-refractivity contribution in [2.45, 2.75) is 19.9 Å². The first-order valence-corrected chi connectivity index (χ1v) is 6.40. The summed E-state index contributed by atoms with van der Waals surface area (Å²) in [6.45, 7) is 4.76. The molecule has 1 aromatic heterocycles. The van der Waals surface area contributed by atoms with Crippen LogP contribution in [0.3, 0.4) is 0 Å². The van der Waals surface area contributed by atoms with Crippen LogP contribution in [0.25, 0.3) is 5.69 Å². The summed E-state index contributed by atoms with van der Waals surface area (Å²) in [6.07, 6.45) is 0. The van der Waals surface area contributed by atoms with E-state index < -0.39 is 0 Å². The third-order valence-electron chi connectivity index (χ3n) is 2.53. The molecule has 0 spiro atoms. The fraction of sp³-hybridized carbons (Fsp3) is 0.364. The van der Waals surface area contributed by atoms with Gasteiger partial charge in [-0.3, -0.25) is 0 Å². The number of tetrazole rings is 1. The second-order valence-electron chi connectivity index (χ2n) is 3.82. The summed E-state index contributed by atoms with van der Waals surface area (Å²) in [5, 5.41) is 14.8. The lowest BCUT2D eigenvalue weighted by molar-refractivity contribution is 0.549. The van der Waals surface area contributed by atoms with Gasteiger partial charge in [-0.1, -0.05) is 6.92 Å². The molecule has 0 radical (unpaired) electrons. The van der Waals surface area contributed by atoms with Crippen molar-refractivity contribution in [3.63, 3.8) is 0 Å². The summed E-state index contributed by atoms with van der Waals surface area (Å²) >= 11 is 3.37. The number of halogens is 2. The van der Waals surface area contributed by atoms with Gasteiger partial charge < -0.3 is 5.32 Å². The first kappa shape index (κ1) is 13.1. The highest BCUT2D eigenvalue weighted by atomic mass is 79.9. The van der Waals surface area contributed by atoms with Crippen LogP contribution in [0.15, 0.2) is 22.7 Å². The molecule has 2 rings (SSSR count). The van der Waals surface area contributed by atoms with Crippen LogP contribution >= 0.6 is 15.9 Å². The van der Waals surface area contributed by atoms with Crippen LogP contribution in [-0.4, -0.2) is 26.8 Å². The fourth-order valence-electron chi connectivity index (χ4n) is 1.68. The van der Waals surface area contributed by atoms with E-state index in [1.165, 1.54) is 16.8 Å². The van der Waals surface area contributed by atoms with Crippen molar-refractivity contribution in [2.75, 3.05) is 6.54 Å². The third-order valence-corrected chi connectivity index (χ3v) is 3.20. The maximum atomic E-state index is 13.3. The summed E-state index contributed by atoms with van der Waals surface area (Å²) < 4.78 is 15.6. The fourth-order valence-corrected chi connectivity index (χ4v) is 2.10. The quantitative estimate of drug-likeness (QED) is 0.940. The Balaban J connectivity index is 2.45. The normalized spacial score (nSPS) is 12.7. The van der Waals surface area contributed by atoms with Gasteiger partial charge in [-0.25, -0.2) is 4.39 Å². The molecule has 1 atom stereocenters. The summed E-state index contributed by atoms with van der Waals surface area (Å²) in [5.41, 5.74) is 0.583. The molecule has 0 bridgehead atoms. The summed E-state index contributed by atoms with van der Waals surface area (Å²) in [6, 6.07) is 4.39. The van der Waals surface area contributed by atoms with Crippen LogP contribution in [0.2, 0.25) is 0 Å². The second kappa shape index (κ2) is 5.53. The monoisotopic (exact) mass is 313 g/mol. The Morgan fingerprint density at radius 2 is 2.28 bits per heavy atom. The van der Waals surface area contributed by atoms with E-state index in [-0.39, 0.29) is 11.9 Å². The van der Waals surface area contributed by atoms with E-state index in [1.54, 1.807) is 6.07 Å². The third kappa shape index (κ3) is 2.56. The number of rotatable bonds is 4. The van der Waals surface area contributed by atoms with Gasteiger partial charge >= 0.3 is 0 Å². The van der Waals surface area contributed by atoms with Crippen molar-refractivity contribution in [2.24, 2.45) is 0 Å². The van der Waals surface area contributed by atoms with Crippen molar-refractivity contribution in [3.05, 3.63) is 34.3 Å². The average Bonchev–Trinajstić information content (AvgIpc) is 2.81. The molecule has 1 heterocycles. The lowest BCUT2D eigenvalue weighted by Crippen LogP contribution is -2.21. The van der Waals surface area contributed by atoms with E-state index in [1.807, 2.05) is 13.8 Å². The highest BCUT2D eigenvalue weighted by molar-refractivity contribution is 9.10. The summed E-state index contributed by atoms with van der Waals surface area (Å²) in [7, 11) is 0. The van der Waals surface area contributed by atoms with Crippen LogP contribution in [0.4, 0.5) is 4.39 Å². The second-order valence-corrected chi connectivity index (χ2v) is 4.68. The molecule has 96 valence electrons. The Morgan fingerprint density at radius 3 is 3.00 bits per heavy atom. The predicted molar refractivity (Wildman–Crippen MR) is 68.9 cm³/mol. The molecule has 2 aromatic rings. The molecule has 7 heteroatoms. The lowest BCUT2D eigenvalue weighted by Gasteiger charge is -2.12. The van der Waals surface area contributed by atoms with Gasteiger partial charge in [-0.15, -0.1) is 5.10 Å². The number of benzene rings is 1. The van der Waals surface area contributed by atoms with Gasteiger partial charge in [0.1, 0.15) is 5.82 Å². The summed E-state index contributed by atoms with van der Waals surface area (Å²) in [4.78, 5) is 0. The van der Waals surface area contributed by atoms with Crippen molar-refractivity contribution >= 4 is 15.9 Å². The van der Waals surface area contributed by atoms with Crippen molar-refractivity contribution in [3.8, 4) is 5.69 Å². The molecular weight excluding hydrogens is 301 g/mol. The molecule has 1 aromatic carbocycles. The highest BCUT2D eigenvalue weighted by Crippen LogP contribution is 2.23. The average molecular weight is 314 g/mol. The molecule has 0 aliphatic rings. The molecule has 0 amide bonds. The Labute approximate surface area is 113 Å². The molecule has 0 saturated heterocycles. The minimum absolute atomic E-state index is 0.0137. The molecule has 0 saturated carbocycles. The zero-order valence-corrected chi connectivity index (χ0v) is 11.6. The first-order valence-electron chi connectivity index (χ1n) is 5.60. The van der Waals surface area contributed by atoms with Crippen LogP contribution in [0.1, 0.15) is 25.7 Å². The zero-order chi connectivity index (χ0) is 13.1. The Kier molecular flexibility index (Phi) is 4.03. The molecule has 0 aliphatic carbocycles. The molecular formula is C11H13BrFN5. The maximum Gasteiger partial charge on any atom is 0.173 e. The molecule has 1 unspecified atom stereocenters. The van der Waals surface area contributed by atoms with Crippen molar-refractivity contribution in [1.29, 1.82) is 0 Å². The molecule has 18 heavy (non-hydrogen) atoms. The number of hydrogen-bond acceptors (Lipinski definition) is 4. The topological polar surface area (TPSA) is 55.6 Å².